The average Bonchev–Trinajstić information content (AvgIpc) is 2.11. The van der Waals surface area contributed by atoms with Crippen LogP contribution >= 0.6 is 11.3 Å². The standard InChI is InChI=1S/C4H4S.C4H10.H2/c1-2-4-5-3-1;1-4(2)3;/h1-4H;4H,1-3H3;1H/i;;1+1. The van der Waals surface area contributed by atoms with Gasteiger partial charge in [0.15, 0.2) is 0 Å². The van der Waals surface area contributed by atoms with Crippen LogP contribution in [-0.2, 0) is 0 Å². The molecule has 1 rings (SSSR count). The molecule has 0 nitrogen and oxygen atoms in total. The van der Waals surface area contributed by atoms with Gasteiger partial charge in [-0.3, -0.25) is 0 Å². The third-order valence-electron chi connectivity index (χ3n) is 0.425. The Balaban J connectivity index is 0. The van der Waals surface area contributed by atoms with E-state index in [-0.39, 0.29) is 1.43 Å². The Morgan fingerprint density at radius 3 is 1.56 bits per heavy atom. The van der Waals surface area contributed by atoms with Crippen LogP contribution in [-0.4, -0.2) is 0 Å². The molecule has 0 aliphatic carbocycles. The fraction of sp³-hybridized carbons (Fsp3) is 0.500. The predicted molar refractivity (Wildman–Crippen MR) is 46.9 cm³/mol. The third kappa shape index (κ3) is 11.3. The molecule has 0 saturated carbocycles. The highest BCUT2D eigenvalue weighted by atomic mass is 32.1. The number of hydrogen-bond acceptors (Lipinski definition) is 1. The van der Waals surface area contributed by atoms with E-state index in [1.807, 2.05) is 22.9 Å². The molecule has 0 atom stereocenters. The lowest BCUT2D eigenvalue weighted by Crippen LogP contribution is -1.66. The van der Waals surface area contributed by atoms with Crippen LogP contribution in [0, 0.1) is 5.92 Å². The van der Waals surface area contributed by atoms with Crippen LogP contribution in [0.1, 0.15) is 22.2 Å². The van der Waals surface area contributed by atoms with Crippen molar-refractivity contribution in [3.8, 4) is 0 Å². The third-order valence-corrected chi connectivity index (χ3v) is 1.05. The zero-order valence-corrected chi connectivity index (χ0v) is 7.11. The summed E-state index contributed by atoms with van der Waals surface area (Å²) in [5.74, 6) is 0.833. The predicted octanol–water partition coefficient (Wildman–Crippen LogP) is 3.66. The quantitative estimate of drug-likeness (QED) is 0.522. The van der Waals surface area contributed by atoms with E-state index < -0.39 is 0 Å². The van der Waals surface area contributed by atoms with Crippen molar-refractivity contribution in [2.45, 2.75) is 20.8 Å². The largest absolute Gasteiger partial charge is 0.152 e. The summed E-state index contributed by atoms with van der Waals surface area (Å²) in [6.45, 7) is 6.50. The second-order valence-electron chi connectivity index (χ2n) is 2.53. The van der Waals surface area contributed by atoms with Crippen LogP contribution in [0.2, 0.25) is 0 Å². The van der Waals surface area contributed by atoms with Crippen molar-refractivity contribution in [2.75, 3.05) is 0 Å². The van der Waals surface area contributed by atoms with Crippen LogP contribution in [0.5, 0.6) is 0 Å². The molecular weight excluding hydrogens is 128 g/mol. The number of hydrogen-bond donors (Lipinski definition) is 0. The minimum atomic E-state index is 0. The van der Waals surface area contributed by atoms with Gasteiger partial charge < -0.3 is 0 Å². The zero-order valence-electron chi connectivity index (χ0n) is 6.29. The molecule has 0 aliphatic rings. The molecule has 0 unspecified atom stereocenters. The highest BCUT2D eigenvalue weighted by Gasteiger charge is 1.68. The Morgan fingerprint density at radius 1 is 1.11 bits per heavy atom. The van der Waals surface area contributed by atoms with Crippen molar-refractivity contribution in [1.82, 2.24) is 0 Å². The topological polar surface area (TPSA) is 0 Å². The van der Waals surface area contributed by atoms with E-state index >= 15 is 0 Å². The summed E-state index contributed by atoms with van der Waals surface area (Å²) in [7, 11) is 0. The van der Waals surface area contributed by atoms with Crippen molar-refractivity contribution >= 4 is 11.3 Å². The first-order chi connectivity index (χ1) is 4.23. The SMILES string of the molecule is CC(C)C.[2HH].c1ccsc1. The smallest absolute Gasteiger partial charge is 0 e. The Morgan fingerprint density at radius 2 is 1.44 bits per heavy atom. The van der Waals surface area contributed by atoms with Gasteiger partial charge in [-0.2, -0.15) is 11.3 Å². The molecule has 1 heteroatoms. The molecule has 0 radical (unpaired) electrons. The van der Waals surface area contributed by atoms with Gasteiger partial charge in [-0.25, -0.2) is 0 Å². The van der Waals surface area contributed by atoms with E-state index in [0.717, 1.165) is 5.92 Å². The molecule has 1 aromatic rings. The molecule has 9 heavy (non-hydrogen) atoms. The lowest BCUT2D eigenvalue weighted by Gasteiger charge is -1.79. The molecule has 1 heterocycles. The first-order valence-corrected chi connectivity index (χ1v) is 4.15. The molecule has 0 aliphatic heterocycles. The van der Waals surface area contributed by atoms with Gasteiger partial charge in [0.1, 0.15) is 0 Å². The molecule has 0 fully saturated rings. The maximum atomic E-state index is 2.17. The normalized spacial score (nSPS) is 8.44. The first kappa shape index (κ1) is 8.70. The van der Waals surface area contributed by atoms with Crippen molar-refractivity contribution in [3.63, 3.8) is 0 Å². The summed E-state index contributed by atoms with van der Waals surface area (Å²) < 4.78 is 0. The average molecular weight is 145 g/mol. The molecule has 0 spiro atoms. The Bertz CT molecular complexity index is 92.8. The van der Waals surface area contributed by atoms with Gasteiger partial charge in [0, 0.05) is 1.43 Å². The minimum absolute atomic E-state index is 0. The van der Waals surface area contributed by atoms with Crippen LogP contribution in [0.25, 0.3) is 0 Å². The van der Waals surface area contributed by atoms with Gasteiger partial charge in [0.2, 0.25) is 0 Å². The van der Waals surface area contributed by atoms with Crippen LogP contribution in [0.3, 0.4) is 0 Å². The molecule has 0 aromatic carbocycles. The van der Waals surface area contributed by atoms with Crippen molar-refractivity contribution < 1.29 is 1.43 Å². The van der Waals surface area contributed by atoms with Gasteiger partial charge in [-0.15, -0.1) is 0 Å². The molecule has 0 bridgehead atoms. The first-order valence-electron chi connectivity index (χ1n) is 3.20. The fourth-order valence-electron chi connectivity index (χ4n) is 0.227. The Labute approximate surface area is 63.0 Å². The van der Waals surface area contributed by atoms with E-state index in [1.54, 1.807) is 11.3 Å². The van der Waals surface area contributed by atoms with E-state index in [2.05, 4.69) is 20.8 Å². The maximum Gasteiger partial charge on any atom is 0 e. The van der Waals surface area contributed by atoms with Gasteiger partial charge in [-0.1, -0.05) is 32.9 Å². The molecular formula is C8H16S. The maximum absolute atomic E-state index is 2.17. The van der Waals surface area contributed by atoms with E-state index in [9.17, 15) is 0 Å². The molecule has 54 valence electrons. The van der Waals surface area contributed by atoms with Crippen LogP contribution < -0.4 is 0 Å². The van der Waals surface area contributed by atoms with Gasteiger partial charge in [-0.05, 0) is 16.7 Å². The van der Waals surface area contributed by atoms with Gasteiger partial charge >= 0.3 is 0 Å². The fourth-order valence-corrected chi connectivity index (χ4v) is 0.680. The highest BCUT2D eigenvalue weighted by Crippen LogP contribution is 1.91. The van der Waals surface area contributed by atoms with Crippen molar-refractivity contribution in [2.24, 2.45) is 5.92 Å². The molecule has 0 saturated heterocycles. The summed E-state index contributed by atoms with van der Waals surface area (Å²) >= 11 is 1.71. The highest BCUT2D eigenvalue weighted by molar-refractivity contribution is 7.07. The lowest BCUT2D eigenvalue weighted by molar-refractivity contribution is 0.737. The number of rotatable bonds is 0. The van der Waals surface area contributed by atoms with Crippen LogP contribution in [0.4, 0.5) is 0 Å². The zero-order chi connectivity index (χ0) is 7.11. The summed E-state index contributed by atoms with van der Waals surface area (Å²) in [4.78, 5) is 0. The summed E-state index contributed by atoms with van der Waals surface area (Å²) in [6, 6.07) is 4.04. The lowest BCUT2D eigenvalue weighted by atomic mass is 10.3. The second kappa shape index (κ2) is 5.83. The van der Waals surface area contributed by atoms with Crippen molar-refractivity contribution in [3.05, 3.63) is 22.9 Å². The minimum Gasteiger partial charge on any atom is -0.152 e. The Hall–Kier alpha value is -0.300. The monoisotopic (exact) mass is 145 g/mol. The Kier molecular flexibility index (Phi) is 5.64. The van der Waals surface area contributed by atoms with Crippen molar-refractivity contribution in [1.29, 1.82) is 0 Å². The molecule has 0 N–H and O–H groups in total. The van der Waals surface area contributed by atoms with E-state index in [4.69, 9.17) is 0 Å². The van der Waals surface area contributed by atoms with E-state index in [0.29, 0.717) is 0 Å². The summed E-state index contributed by atoms with van der Waals surface area (Å²) in [6.07, 6.45) is 0. The molecule has 0 amide bonds. The van der Waals surface area contributed by atoms with Gasteiger partial charge in [0.05, 0.1) is 0 Å². The second-order valence-corrected chi connectivity index (χ2v) is 3.34. The summed E-state index contributed by atoms with van der Waals surface area (Å²) in [5, 5.41) is 4.08. The van der Waals surface area contributed by atoms with E-state index in [1.165, 1.54) is 0 Å². The molecule has 1 aromatic heterocycles. The number of thiophene rings is 1. The van der Waals surface area contributed by atoms with Gasteiger partial charge in [0.25, 0.3) is 0 Å². The van der Waals surface area contributed by atoms with Crippen LogP contribution in [0.15, 0.2) is 22.9 Å². The summed E-state index contributed by atoms with van der Waals surface area (Å²) in [5.41, 5.74) is 0.